The Bertz CT molecular complexity index is 856. The van der Waals surface area contributed by atoms with E-state index in [1.54, 1.807) is 24.3 Å². The molecule has 0 atom stereocenters. The highest BCUT2D eigenvalue weighted by molar-refractivity contribution is 6.30. The van der Waals surface area contributed by atoms with Crippen LogP contribution in [0.4, 0.5) is 0 Å². The average molecular weight is 426 g/mol. The number of likely N-dealkylation sites (tertiary alicyclic amines) is 2. The molecular weight excluding hydrogens is 398 g/mol. The smallest absolute Gasteiger partial charge is 0.225 e. The number of halogens is 1. The fourth-order valence-corrected chi connectivity index (χ4v) is 4.68. The van der Waals surface area contributed by atoms with Crippen molar-refractivity contribution in [1.29, 1.82) is 0 Å². The van der Waals surface area contributed by atoms with E-state index in [0.717, 1.165) is 45.3 Å². The summed E-state index contributed by atoms with van der Waals surface area (Å²) in [6.07, 6.45) is 6.96. The van der Waals surface area contributed by atoms with E-state index >= 15 is 0 Å². The van der Waals surface area contributed by atoms with Crippen LogP contribution in [-0.4, -0.2) is 52.7 Å². The molecule has 3 heterocycles. The third-order valence-electron chi connectivity index (χ3n) is 6.40. The van der Waals surface area contributed by atoms with E-state index in [1.807, 2.05) is 29.4 Å². The molecule has 1 amide bonds. The van der Waals surface area contributed by atoms with Gasteiger partial charge in [-0.2, -0.15) is 0 Å². The third-order valence-corrected chi connectivity index (χ3v) is 6.65. The van der Waals surface area contributed by atoms with Crippen LogP contribution in [0.2, 0.25) is 5.02 Å². The van der Waals surface area contributed by atoms with Gasteiger partial charge in [-0.25, -0.2) is 0 Å². The maximum atomic E-state index is 13.0. The van der Waals surface area contributed by atoms with E-state index in [4.69, 9.17) is 11.6 Å². The highest BCUT2D eigenvalue weighted by atomic mass is 35.5. The van der Waals surface area contributed by atoms with Crippen LogP contribution in [0.1, 0.15) is 41.6 Å². The van der Waals surface area contributed by atoms with Gasteiger partial charge < -0.3 is 4.90 Å². The number of hydrogen-bond acceptors (Lipinski definition) is 4. The van der Waals surface area contributed by atoms with Gasteiger partial charge in [-0.1, -0.05) is 11.6 Å². The van der Waals surface area contributed by atoms with Crippen LogP contribution in [0.25, 0.3) is 0 Å². The van der Waals surface area contributed by atoms with E-state index in [1.165, 1.54) is 5.56 Å². The molecule has 1 aromatic heterocycles. The number of nitrogens with zero attached hydrogens (tertiary/aromatic N) is 3. The van der Waals surface area contributed by atoms with Gasteiger partial charge in [0.25, 0.3) is 0 Å². The monoisotopic (exact) mass is 425 g/mol. The Kier molecular flexibility index (Phi) is 6.80. The summed E-state index contributed by atoms with van der Waals surface area (Å²) in [5.41, 5.74) is 1.98. The number of Topliss-reactive ketones (excluding diaryl/α,β-unsaturated/α-hetero) is 1. The number of aromatic nitrogens is 1. The van der Waals surface area contributed by atoms with Crippen LogP contribution in [0.5, 0.6) is 0 Å². The molecule has 2 saturated heterocycles. The first-order valence-corrected chi connectivity index (χ1v) is 11.2. The Morgan fingerprint density at radius 2 is 1.47 bits per heavy atom. The Labute approximate surface area is 183 Å². The molecule has 2 aliphatic rings. The summed E-state index contributed by atoms with van der Waals surface area (Å²) in [7, 11) is 0. The van der Waals surface area contributed by atoms with Crippen molar-refractivity contribution >= 4 is 23.3 Å². The Morgan fingerprint density at radius 1 is 0.867 bits per heavy atom. The van der Waals surface area contributed by atoms with Crippen molar-refractivity contribution in [2.75, 3.05) is 26.2 Å². The number of piperidine rings is 2. The minimum atomic E-state index is -0.00237. The minimum Gasteiger partial charge on any atom is -0.342 e. The van der Waals surface area contributed by atoms with Crippen LogP contribution in [0, 0.1) is 11.8 Å². The summed E-state index contributed by atoms with van der Waals surface area (Å²) in [4.78, 5) is 34.2. The van der Waals surface area contributed by atoms with Crippen LogP contribution in [0.3, 0.4) is 0 Å². The van der Waals surface area contributed by atoms with Crippen LogP contribution in [0.15, 0.2) is 48.8 Å². The van der Waals surface area contributed by atoms with E-state index in [9.17, 15) is 9.59 Å². The second-order valence-corrected chi connectivity index (χ2v) is 8.81. The van der Waals surface area contributed by atoms with Crippen molar-refractivity contribution in [3.8, 4) is 0 Å². The van der Waals surface area contributed by atoms with Gasteiger partial charge in [0.2, 0.25) is 5.91 Å². The number of amides is 1. The maximum Gasteiger partial charge on any atom is 0.225 e. The second kappa shape index (κ2) is 9.71. The number of hydrogen-bond donors (Lipinski definition) is 0. The quantitative estimate of drug-likeness (QED) is 0.677. The van der Waals surface area contributed by atoms with Gasteiger partial charge in [0.1, 0.15) is 0 Å². The highest BCUT2D eigenvalue weighted by Crippen LogP contribution is 2.26. The van der Waals surface area contributed by atoms with Crippen molar-refractivity contribution in [3.63, 3.8) is 0 Å². The fourth-order valence-electron chi connectivity index (χ4n) is 4.55. The van der Waals surface area contributed by atoms with Crippen molar-refractivity contribution < 1.29 is 9.59 Å². The number of ketones is 1. The van der Waals surface area contributed by atoms with Crippen molar-refractivity contribution in [3.05, 3.63) is 64.9 Å². The molecule has 0 saturated carbocycles. The van der Waals surface area contributed by atoms with Crippen molar-refractivity contribution in [1.82, 2.24) is 14.8 Å². The number of carbonyl (C=O) groups excluding carboxylic acids is 2. The second-order valence-electron chi connectivity index (χ2n) is 8.38. The molecule has 0 radical (unpaired) electrons. The lowest BCUT2D eigenvalue weighted by Gasteiger charge is -2.37. The molecule has 0 aliphatic carbocycles. The molecule has 0 unspecified atom stereocenters. The van der Waals surface area contributed by atoms with E-state index in [-0.39, 0.29) is 23.5 Å². The topological polar surface area (TPSA) is 53.5 Å². The largest absolute Gasteiger partial charge is 0.342 e. The molecule has 2 aliphatic heterocycles. The Morgan fingerprint density at radius 3 is 2.10 bits per heavy atom. The van der Waals surface area contributed by atoms with Gasteiger partial charge >= 0.3 is 0 Å². The lowest BCUT2D eigenvalue weighted by molar-refractivity contribution is -0.138. The molecule has 2 aromatic rings. The van der Waals surface area contributed by atoms with Gasteiger partial charge in [0.05, 0.1) is 0 Å². The molecular formula is C24H28ClN3O2. The van der Waals surface area contributed by atoms with Crippen LogP contribution >= 0.6 is 11.6 Å². The molecule has 2 fully saturated rings. The number of benzene rings is 1. The van der Waals surface area contributed by atoms with E-state index < -0.39 is 0 Å². The summed E-state index contributed by atoms with van der Waals surface area (Å²) in [6, 6.07) is 11.2. The standard InChI is InChI=1S/C24H28ClN3O2/c25-22-3-1-19(2-4-22)23(29)20-9-15-28(16-10-20)24(30)21-7-13-27(14-8-21)17-18-5-11-26-12-6-18/h1-6,11-12,20-21H,7-10,13-17H2. The van der Waals surface area contributed by atoms with E-state index in [0.29, 0.717) is 23.7 Å². The third kappa shape index (κ3) is 5.08. The van der Waals surface area contributed by atoms with Gasteiger partial charge in [0.15, 0.2) is 5.78 Å². The van der Waals surface area contributed by atoms with Gasteiger partial charge in [-0.15, -0.1) is 0 Å². The molecule has 5 nitrogen and oxygen atoms in total. The molecule has 0 spiro atoms. The lowest BCUT2D eigenvalue weighted by atomic mass is 9.87. The van der Waals surface area contributed by atoms with Gasteiger partial charge in [-0.3, -0.25) is 19.5 Å². The zero-order valence-corrected chi connectivity index (χ0v) is 17.9. The number of pyridine rings is 1. The van der Waals surface area contributed by atoms with E-state index in [2.05, 4.69) is 9.88 Å². The Hall–Kier alpha value is -2.24. The molecule has 1 aromatic carbocycles. The van der Waals surface area contributed by atoms with Crippen LogP contribution < -0.4 is 0 Å². The molecule has 158 valence electrons. The van der Waals surface area contributed by atoms with Gasteiger partial charge in [-0.05, 0) is 80.7 Å². The first kappa shape index (κ1) is 21.0. The summed E-state index contributed by atoms with van der Waals surface area (Å²) in [6.45, 7) is 4.18. The summed E-state index contributed by atoms with van der Waals surface area (Å²) in [5, 5.41) is 0.638. The fraction of sp³-hybridized carbons (Fsp3) is 0.458. The lowest BCUT2D eigenvalue weighted by Crippen LogP contribution is -2.46. The van der Waals surface area contributed by atoms with Gasteiger partial charge in [0, 0.05) is 54.4 Å². The maximum absolute atomic E-state index is 13.0. The SMILES string of the molecule is O=C(c1ccc(Cl)cc1)C1CCN(C(=O)C2CCN(Cc3ccncc3)CC2)CC1. The molecule has 4 rings (SSSR count). The molecule has 6 heteroatoms. The van der Waals surface area contributed by atoms with Crippen LogP contribution in [-0.2, 0) is 11.3 Å². The zero-order valence-electron chi connectivity index (χ0n) is 17.2. The van der Waals surface area contributed by atoms with Crippen molar-refractivity contribution in [2.45, 2.75) is 32.2 Å². The zero-order chi connectivity index (χ0) is 20.9. The summed E-state index contributed by atoms with van der Waals surface area (Å²) >= 11 is 5.92. The molecule has 0 bridgehead atoms. The number of carbonyl (C=O) groups is 2. The first-order chi connectivity index (χ1) is 14.6. The average Bonchev–Trinajstić information content (AvgIpc) is 2.80. The number of rotatable bonds is 5. The summed E-state index contributed by atoms with van der Waals surface area (Å²) in [5.74, 6) is 0.554. The normalized spacial score (nSPS) is 19.0. The predicted octanol–water partition coefficient (Wildman–Crippen LogP) is 4.07. The molecule has 0 N–H and O–H groups in total. The predicted molar refractivity (Wildman–Crippen MR) is 117 cm³/mol. The Balaban J connectivity index is 1.24. The highest BCUT2D eigenvalue weighted by Gasteiger charge is 2.32. The minimum absolute atomic E-state index is 0.00237. The first-order valence-electron chi connectivity index (χ1n) is 10.8. The molecule has 30 heavy (non-hydrogen) atoms. The summed E-state index contributed by atoms with van der Waals surface area (Å²) < 4.78 is 0. The van der Waals surface area contributed by atoms with Crippen molar-refractivity contribution in [2.24, 2.45) is 11.8 Å².